The Bertz CT molecular complexity index is 1590. The van der Waals surface area contributed by atoms with Gasteiger partial charge in [-0.05, 0) is 29.3 Å². The van der Waals surface area contributed by atoms with Crippen LogP contribution in [0.2, 0.25) is 0 Å². The van der Waals surface area contributed by atoms with E-state index in [2.05, 4.69) is 6.07 Å². The molecule has 0 amide bonds. The highest BCUT2D eigenvalue weighted by Crippen LogP contribution is 2.57. The van der Waals surface area contributed by atoms with Crippen LogP contribution < -0.4 is 14.4 Å². The number of para-hydroxylation sites is 1. The van der Waals surface area contributed by atoms with Gasteiger partial charge in [0.05, 0.1) is 38.4 Å². The zero-order valence-corrected chi connectivity index (χ0v) is 21.9. The van der Waals surface area contributed by atoms with Crippen LogP contribution in [0.5, 0.6) is 11.5 Å². The maximum atomic E-state index is 14.5. The molecule has 0 N–H and O–H groups in total. The first-order valence-electron chi connectivity index (χ1n) is 12.4. The summed E-state index contributed by atoms with van der Waals surface area (Å²) in [5, 5.41) is 22.3. The zero-order valence-electron chi connectivity index (χ0n) is 21.9. The van der Waals surface area contributed by atoms with E-state index in [0.29, 0.717) is 22.7 Å². The number of esters is 1. The van der Waals surface area contributed by atoms with Crippen LogP contribution in [0.3, 0.4) is 0 Å². The third kappa shape index (κ3) is 3.86. The number of carbonyl (C=O) groups excluding carboxylic acids is 2. The number of carbonyl (C=O) groups is 2. The standard InChI is InChI=1S/C30H25N3O7/c1-38-23-13-11-19(16-24(23)39-2)26-27(28(34)20-8-6-9-21(15-20)33(36)37)32-22-10-5-4-7-18(22)12-14-25(32)30(26,17-31)29(35)40-3/h4-16,25-27H,1-3H3/t25-,26-,27+,30+/m1/s1. The Labute approximate surface area is 230 Å². The molecule has 0 unspecified atom stereocenters. The number of benzene rings is 3. The minimum absolute atomic E-state index is 0.0778. The second kappa shape index (κ2) is 10.2. The molecule has 0 bridgehead atoms. The minimum atomic E-state index is -1.86. The summed E-state index contributed by atoms with van der Waals surface area (Å²) >= 11 is 0. The topological polar surface area (TPSA) is 132 Å². The number of fused-ring (bicyclic) bond motifs is 3. The van der Waals surface area contributed by atoms with Gasteiger partial charge in [-0.2, -0.15) is 5.26 Å². The van der Waals surface area contributed by atoms with Gasteiger partial charge < -0.3 is 19.1 Å². The second-order valence-electron chi connectivity index (χ2n) is 9.45. The molecule has 0 aliphatic carbocycles. The Morgan fingerprint density at radius 3 is 2.42 bits per heavy atom. The lowest BCUT2D eigenvalue weighted by molar-refractivity contribution is -0.384. The number of rotatable bonds is 7. The Morgan fingerprint density at radius 2 is 1.75 bits per heavy atom. The summed E-state index contributed by atoms with van der Waals surface area (Å²) in [5.74, 6) is -1.58. The minimum Gasteiger partial charge on any atom is -0.493 e. The van der Waals surface area contributed by atoms with Crippen LogP contribution in [0.4, 0.5) is 11.4 Å². The predicted molar refractivity (Wildman–Crippen MR) is 145 cm³/mol. The predicted octanol–water partition coefficient (Wildman–Crippen LogP) is 4.55. The third-order valence-electron chi connectivity index (χ3n) is 7.63. The van der Waals surface area contributed by atoms with Gasteiger partial charge in [-0.1, -0.05) is 48.6 Å². The molecule has 10 heteroatoms. The van der Waals surface area contributed by atoms with Crippen LogP contribution in [0.25, 0.3) is 6.08 Å². The number of Topliss-reactive ketones (excluding diaryl/α,β-unsaturated/α-hetero) is 1. The molecule has 0 saturated carbocycles. The number of nitriles is 1. The van der Waals surface area contributed by atoms with E-state index in [9.17, 15) is 25.0 Å². The maximum absolute atomic E-state index is 14.5. The molecule has 1 fully saturated rings. The molecule has 2 heterocycles. The van der Waals surface area contributed by atoms with Gasteiger partial charge in [0, 0.05) is 29.3 Å². The molecule has 10 nitrogen and oxygen atoms in total. The summed E-state index contributed by atoms with van der Waals surface area (Å²) in [5.41, 5.74) is -0.130. The van der Waals surface area contributed by atoms with E-state index >= 15 is 0 Å². The number of hydrogen-bond acceptors (Lipinski definition) is 9. The number of methoxy groups -OCH3 is 3. The molecule has 0 aromatic heterocycles. The van der Waals surface area contributed by atoms with Crippen LogP contribution in [0.1, 0.15) is 27.4 Å². The number of hydrogen-bond donors (Lipinski definition) is 0. The van der Waals surface area contributed by atoms with Gasteiger partial charge in [0.25, 0.3) is 5.69 Å². The molecular weight excluding hydrogens is 514 g/mol. The fraction of sp³-hybridized carbons (Fsp3) is 0.233. The number of nitro groups is 1. The first-order valence-corrected chi connectivity index (χ1v) is 12.4. The van der Waals surface area contributed by atoms with E-state index in [1.165, 1.54) is 45.6 Å². The summed E-state index contributed by atoms with van der Waals surface area (Å²) in [7, 11) is 4.15. The molecule has 0 spiro atoms. The quantitative estimate of drug-likeness (QED) is 0.184. The van der Waals surface area contributed by atoms with Crippen LogP contribution >= 0.6 is 0 Å². The van der Waals surface area contributed by atoms with Crippen molar-refractivity contribution < 1.29 is 28.7 Å². The van der Waals surface area contributed by atoms with Gasteiger partial charge in [0.1, 0.15) is 6.04 Å². The summed E-state index contributed by atoms with van der Waals surface area (Å²) < 4.78 is 16.1. The van der Waals surface area contributed by atoms with Gasteiger partial charge >= 0.3 is 5.97 Å². The molecular formula is C30H25N3O7. The highest BCUT2D eigenvalue weighted by atomic mass is 16.6. The van der Waals surface area contributed by atoms with Gasteiger partial charge in [-0.3, -0.25) is 19.7 Å². The fourth-order valence-corrected chi connectivity index (χ4v) is 5.90. The van der Waals surface area contributed by atoms with Crippen LogP contribution in [0, 0.1) is 26.9 Å². The Balaban J connectivity index is 1.82. The lowest BCUT2D eigenvalue weighted by atomic mass is 9.68. The van der Waals surface area contributed by atoms with Crippen LogP contribution in [-0.2, 0) is 9.53 Å². The number of ether oxygens (including phenoxy) is 3. The molecule has 5 rings (SSSR count). The number of anilines is 1. The normalized spacial score (nSPS) is 22.4. The highest BCUT2D eigenvalue weighted by molar-refractivity contribution is 6.06. The molecule has 3 aromatic carbocycles. The molecule has 1 saturated heterocycles. The number of nitro benzene ring substituents is 1. The van der Waals surface area contributed by atoms with E-state index in [0.717, 1.165) is 5.56 Å². The van der Waals surface area contributed by atoms with Crippen LogP contribution in [0.15, 0.2) is 72.8 Å². The van der Waals surface area contributed by atoms with Crippen molar-refractivity contribution in [2.45, 2.75) is 18.0 Å². The maximum Gasteiger partial charge on any atom is 0.329 e. The average molecular weight is 540 g/mol. The van der Waals surface area contributed by atoms with Crippen molar-refractivity contribution in [1.29, 1.82) is 5.26 Å². The average Bonchev–Trinajstić information content (AvgIpc) is 3.31. The Kier molecular flexibility index (Phi) is 6.73. The summed E-state index contributed by atoms with van der Waals surface area (Å²) in [6.07, 6.45) is 3.55. The third-order valence-corrected chi connectivity index (χ3v) is 7.63. The largest absolute Gasteiger partial charge is 0.493 e. The van der Waals surface area contributed by atoms with Gasteiger partial charge in [0.2, 0.25) is 0 Å². The lowest BCUT2D eigenvalue weighted by Crippen LogP contribution is -2.46. The van der Waals surface area contributed by atoms with E-state index in [1.807, 2.05) is 24.3 Å². The summed E-state index contributed by atoms with van der Waals surface area (Å²) in [6.45, 7) is 0. The lowest BCUT2D eigenvalue weighted by Gasteiger charge is -2.36. The molecule has 0 radical (unpaired) electrons. The summed E-state index contributed by atoms with van der Waals surface area (Å²) in [4.78, 5) is 40.9. The number of nitrogens with zero attached hydrogens (tertiary/aromatic N) is 3. The molecule has 40 heavy (non-hydrogen) atoms. The molecule has 2 aliphatic heterocycles. The van der Waals surface area contributed by atoms with Crippen molar-refractivity contribution in [2.24, 2.45) is 5.41 Å². The number of ketones is 1. The first kappa shape index (κ1) is 26.4. The van der Waals surface area contributed by atoms with Gasteiger partial charge in [0.15, 0.2) is 22.7 Å². The van der Waals surface area contributed by atoms with Crippen molar-refractivity contribution in [3.63, 3.8) is 0 Å². The van der Waals surface area contributed by atoms with E-state index in [-0.39, 0.29) is 11.3 Å². The van der Waals surface area contributed by atoms with E-state index < -0.39 is 40.1 Å². The molecule has 3 aromatic rings. The van der Waals surface area contributed by atoms with Crippen molar-refractivity contribution in [1.82, 2.24) is 0 Å². The van der Waals surface area contributed by atoms with Crippen molar-refractivity contribution >= 4 is 29.2 Å². The monoisotopic (exact) mass is 539 g/mol. The second-order valence-corrected chi connectivity index (χ2v) is 9.45. The van der Waals surface area contributed by atoms with Crippen molar-refractivity contribution in [3.05, 3.63) is 99.6 Å². The smallest absolute Gasteiger partial charge is 0.329 e. The molecule has 4 atom stereocenters. The van der Waals surface area contributed by atoms with Crippen molar-refractivity contribution in [2.75, 3.05) is 26.2 Å². The van der Waals surface area contributed by atoms with Gasteiger partial charge in [-0.25, -0.2) is 0 Å². The zero-order chi connectivity index (χ0) is 28.6. The fourth-order valence-electron chi connectivity index (χ4n) is 5.90. The summed E-state index contributed by atoms with van der Waals surface area (Å²) in [6, 6.07) is 18.0. The van der Waals surface area contributed by atoms with E-state index in [1.54, 1.807) is 35.2 Å². The van der Waals surface area contributed by atoms with E-state index in [4.69, 9.17) is 14.2 Å². The van der Waals surface area contributed by atoms with Crippen LogP contribution in [-0.4, -0.2) is 50.1 Å². The van der Waals surface area contributed by atoms with Crippen molar-refractivity contribution in [3.8, 4) is 17.6 Å². The first-order chi connectivity index (χ1) is 19.3. The molecule has 202 valence electrons. The highest BCUT2D eigenvalue weighted by Gasteiger charge is 2.67. The Hall–Kier alpha value is -5.17. The SMILES string of the molecule is COC(=O)[C@]1(C#N)[C@H](c2ccc(OC)c(OC)c2)[C@@H](C(=O)c2cccc([N+](=O)[O-])c2)N2c3ccccc3C=C[C@@H]21. The van der Waals surface area contributed by atoms with Gasteiger partial charge in [-0.15, -0.1) is 0 Å². The Morgan fingerprint density at radius 1 is 1.00 bits per heavy atom. The molecule has 2 aliphatic rings. The number of non-ortho nitro benzene ring substituents is 1.